The van der Waals surface area contributed by atoms with E-state index in [1.165, 1.54) is 17.8 Å². The van der Waals surface area contributed by atoms with Crippen molar-refractivity contribution in [3.63, 3.8) is 0 Å². The van der Waals surface area contributed by atoms with E-state index in [1.54, 1.807) is 10.6 Å². The van der Waals surface area contributed by atoms with Crippen molar-refractivity contribution >= 4 is 17.7 Å². The Kier molecular flexibility index (Phi) is 8.56. The van der Waals surface area contributed by atoms with E-state index in [0.29, 0.717) is 47.5 Å². The number of likely N-dealkylation sites (N-methyl/N-ethyl adjacent to an activating group) is 1. The summed E-state index contributed by atoms with van der Waals surface area (Å²) in [6, 6.07) is 22.4. The minimum Gasteiger partial charge on any atom is -0.336 e. The topological polar surface area (TPSA) is 54.3 Å². The van der Waals surface area contributed by atoms with Crippen LogP contribution in [-0.4, -0.2) is 63.2 Å². The molecule has 1 aliphatic rings. The molecule has 0 N–H and O–H groups in total. The van der Waals surface area contributed by atoms with Crippen LogP contribution in [0.1, 0.15) is 39.8 Å². The van der Waals surface area contributed by atoms with Crippen molar-refractivity contribution in [2.75, 3.05) is 32.7 Å². The van der Waals surface area contributed by atoms with Gasteiger partial charge in [-0.15, -0.1) is 10.2 Å². The monoisotopic (exact) mass is 565 g/mol. The minimum atomic E-state index is -4.47. The molecule has 10 heteroatoms. The van der Waals surface area contributed by atoms with Crippen LogP contribution in [-0.2, 0) is 18.3 Å². The summed E-state index contributed by atoms with van der Waals surface area (Å²) < 4.78 is 42.3. The van der Waals surface area contributed by atoms with Crippen LogP contribution in [0.5, 0.6) is 0 Å². The molecule has 3 aromatic carbocycles. The van der Waals surface area contributed by atoms with Gasteiger partial charge in [0.1, 0.15) is 5.82 Å². The Morgan fingerprint density at radius 2 is 1.60 bits per heavy atom. The quantitative estimate of drug-likeness (QED) is 0.247. The number of nitrogens with zero attached hydrogens (tertiary/aromatic N) is 5. The molecule has 0 bridgehead atoms. The predicted molar refractivity (Wildman–Crippen MR) is 150 cm³/mol. The highest BCUT2D eigenvalue weighted by atomic mass is 32.2. The van der Waals surface area contributed by atoms with Crippen LogP contribution in [0, 0.1) is 0 Å². The average Bonchev–Trinajstić information content (AvgIpc) is 3.38. The number of carbonyl (C=O) groups excluding carboxylic acids is 1. The van der Waals surface area contributed by atoms with Gasteiger partial charge in [0.05, 0.1) is 11.3 Å². The molecule has 0 spiro atoms. The maximum absolute atomic E-state index is 13.5. The van der Waals surface area contributed by atoms with Crippen molar-refractivity contribution in [3.8, 4) is 5.69 Å². The van der Waals surface area contributed by atoms with Gasteiger partial charge in [-0.1, -0.05) is 67.2 Å². The summed E-state index contributed by atoms with van der Waals surface area (Å²) >= 11 is 1.38. The molecule has 1 amide bonds. The van der Waals surface area contributed by atoms with Crippen LogP contribution < -0.4 is 0 Å². The molecule has 0 unspecified atom stereocenters. The lowest BCUT2D eigenvalue weighted by Crippen LogP contribution is -2.48. The summed E-state index contributed by atoms with van der Waals surface area (Å²) in [5.41, 5.74) is 2.15. The number of halogens is 3. The summed E-state index contributed by atoms with van der Waals surface area (Å²) in [7, 11) is 0. The summed E-state index contributed by atoms with van der Waals surface area (Å²) in [6.45, 7) is 6.25. The van der Waals surface area contributed by atoms with Gasteiger partial charge >= 0.3 is 6.18 Å². The Bertz CT molecular complexity index is 1450. The van der Waals surface area contributed by atoms with Gasteiger partial charge in [0.15, 0.2) is 5.16 Å². The predicted octanol–water partition coefficient (Wildman–Crippen LogP) is 5.95. The van der Waals surface area contributed by atoms with Gasteiger partial charge < -0.3 is 9.80 Å². The fourth-order valence-electron chi connectivity index (χ4n) is 4.76. The Balaban J connectivity index is 1.38. The molecule has 0 aliphatic carbocycles. The van der Waals surface area contributed by atoms with E-state index in [0.717, 1.165) is 42.9 Å². The molecule has 1 aliphatic heterocycles. The van der Waals surface area contributed by atoms with Crippen molar-refractivity contribution < 1.29 is 18.0 Å². The molecule has 0 radical (unpaired) electrons. The number of benzene rings is 3. The molecule has 0 atom stereocenters. The van der Waals surface area contributed by atoms with E-state index in [4.69, 9.17) is 0 Å². The van der Waals surface area contributed by atoms with Crippen LogP contribution >= 0.6 is 11.8 Å². The van der Waals surface area contributed by atoms with Crippen molar-refractivity contribution in [1.82, 2.24) is 24.6 Å². The van der Waals surface area contributed by atoms with Crippen LogP contribution in [0.4, 0.5) is 13.2 Å². The summed E-state index contributed by atoms with van der Waals surface area (Å²) in [4.78, 5) is 17.3. The molecule has 1 saturated heterocycles. The summed E-state index contributed by atoms with van der Waals surface area (Å²) in [5, 5.41) is 9.20. The van der Waals surface area contributed by atoms with Gasteiger partial charge in [0.2, 0.25) is 0 Å². The number of amides is 1. The molecular weight excluding hydrogens is 535 g/mol. The number of hydrogen-bond donors (Lipinski definition) is 0. The zero-order valence-electron chi connectivity index (χ0n) is 22.1. The number of thioether (sulfide) groups is 1. The molecule has 6 nitrogen and oxygen atoms in total. The van der Waals surface area contributed by atoms with Gasteiger partial charge in [-0.25, -0.2) is 0 Å². The molecule has 4 aromatic rings. The molecule has 40 heavy (non-hydrogen) atoms. The van der Waals surface area contributed by atoms with E-state index in [2.05, 4.69) is 22.0 Å². The van der Waals surface area contributed by atoms with Crippen LogP contribution in [0.25, 0.3) is 5.69 Å². The number of piperazine rings is 1. The standard InChI is InChI=1S/C30H30F3N5OS/c1-2-36-14-16-37(17-15-36)28(39)24-11-6-10-23(18-24)21-40-29-35-34-27(19-22-8-4-3-5-9-22)38(29)26-13-7-12-25(20-26)30(31,32)33/h3-13,18,20H,2,14-17,19,21H2,1H3. The van der Waals surface area contributed by atoms with E-state index in [9.17, 15) is 18.0 Å². The first-order valence-electron chi connectivity index (χ1n) is 13.2. The number of rotatable bonds is 8. The highest BCUT2D eigenvalue weighted by Crippen LogP contribution is 2.32. The van der Waals surface area contributed by atoms with Gasteiger partial charge in [-0.05, 0) is 48.0 Å². The molecule has 208 valence electrons. The zero-order valence-corrected chi connectivity index (χ0v) is 23.0. The van der Waals surface area contributed by atoms with Crippen LogP contribution in [0.3, 0.4) is 0 Å². The van der Waals surface area contributed by atoms with Gasteiger partial charge in [-0.3, -0.25) is 9.36 Å². The SMILES string of the molecule is CCN1CCN(C(=O)c2cccc(CSc3nnc(Cc4ccccc4)n3-c3cccc(C(F)(F)F)c3)c2)CC1. The Morgan fingerprint density at radius 1 is 0.875 bits per heavy atom. The van der Waals surface area contributed by atoms with Gasteiger partial charge in [0, 0.05) is 43.9 Å². The Hall–Kier alpha value is -3.63. The Morgan fingerprint density at radius 3 is 2.33 bits per heavy atom. The first kappa shape index (κ1) is 27.9. The first-order valence-corrected chi connectivity index (χ1v) is 14.2. The van der Waals surface area contributed by atoms with Crippen molar-refractivity contribution in [2.45, 2.75) is 30.4 Å². The third kappa shape index (κ3) is 6.56. The largest absolute Gasteiger partial charge is 0.416 e. The fourth-order valence-corrected chi connectivity index (χ4v) is 5.67. The smallest absolute Gasteiger partial charge is 0.336 e. The van der Waals surface area contributed by atoms with Gasteiger partial charge in [-0.2, -0.15) is 13.2 Å². The Labute approximate surface area is 235 Å². The first-order chi connectivity index (χ1) is 19.3. The van der Waals surface area contributed by atoms with Crippen molar-refractivity contribution in [3.05, 3.63) is 107 Å². The third-order valence-corrected chi connectivity index (χ3v) is 7.99. The molecule has 0 saturated carbocycles. The maximum Gasteiger partial charge on any atom is 0.416 e. The normalized spacial score (nSPS) is 14.4. The number of carbonyl (C=O) groups is 1. The lowest BCUT2D eigenvalue weighted by molar-refractivity contribution is -0.137. The molecule has 2 heterocycles. The second kappa shape index (κ2) is 12.3. The summed E-state index contributed by atoms with van der Waals surface area (Å²) in [6.07, 6.45) is -4.05. The van der Waals surface area contributed by atoms with Crippen LogP contribution in [0.2, 0.25) is 0 Å². The molecular formula is C30H30F3N5OS. The number of aromatic nitrogens is 3. The van der Waals surface area contributed by atoms with Gasteiger partial charge in [0.25, 0.3) is 5.91 Å². The summed E-state index contributed by atoms with van der Waals surface area (Å²) in [5.74, 6) is 1.04. The van der Waals surface area contributed by atoms with E-state index >= 15 is 0 Å². The minimum absolute atomic E-state index is 0.0138. The van der Waals surface area contributed by atoms with Crippen molar-refractivity contribution in [1.29, 1.82) is 0 Å². The second-order valence-electron chi connectivity index (χ2n) is 9.66. The molecule has 1 fully saturated rings. The average molecular weight is 566 g/mol. The zero-order chi connectivity index (χ0) is 28.1. The highest BCUT2D eigenvalue weighted by molar-refractivity contribution is 7.98. The maximum atomic E-state index is 13.5. The number of hydrogen-bond acceptors (Lipinski definition) is 5. The lowest BCUT2D eigenvalue weighted by atomic mass is 10.1. The highest BCUT2D eigenvalue weighted by Gasteiger charge is 2.31. The van der Waals surface area contributed by atoms with E-state index in [1.807, 2.05) is 59.5 Å². The van der Waals surface area contributed by atoms with E-state index in [-0.39, 0.29) is 5.91 Å². The molecule has 1 aromatic heterocycles. The fraction of sp³-hybridized carbons (Fsp3) is 0.300. The lowest BCUT2D eigenvalue weighted by Gasteiger charge is -2.34. The number of alkyl halides is 3. The third-order valence-electron chi connectivity index (χ3n) is 6.99. The van der Waals surface area contributed by atoms with Crippen molar-refractivity contribution in [2.24, 2.45) is 0 Å². The van der Waals surface area contributed by atoms with E-state index < -0.39 is 11.7 Å². The van der Waals surface area contributed by atoms with Crippen LogP contribution in [0.15, 0.2) is 84.0 Å². The second-order valence-corrected chi connectivity index (χ2v) is 10.6. The molecule has 5 rings (SSSR count).